The van der Waals surface area contributed by atoms with E-state index in [1.807, 2.05) is 19.2 Å². The number of ketones is 1. The van der Waals surface area contributed by atoms with E-state index in [1.165, 1.54) is 51.3 Å². The number of aryl methyl sites for hydroxylation is 1. The lowest BCUT2D eigenvalue weighted by atomic mass is 9.88. The average molecular weight is 586 g/mol. The van der Waals surface area contributed by atoms with E-state index in [1.54, 1.807) is 10.8 Å². The SMILES string of the molecule is CC(=O)c1c(C)c2cnc(Nc3ccc(C4CCN(C5CCN(C6COC6)CC5)CC4)cn3)nc2n(C2CCCC2)c1=O. The Morgan fingerprint density at radius 2 is 1.58 bits per heavy atom. The number of hydrogen-bond acceptors (Lipinski definition) is 9. The number of carbonyl (C=O) groups is 1. The van der Waals surface area contributed by atoms with Gasteiger partial charge in [0.05, 0.1) is 24.8 Å². The summed E-state index contributed by atoms with van der Waals surface area (Å²) in [5.74, 6) is 1.39. The summed E-state index contributed by atoms with van der Waals surface area (Å²) in [6.45, 7) is 9.82. The Hall–Kier alpha value is -3.21. The van der Waals surface area contributed by atoms with E-state index < -0.39 is 0 Å². The van der Waals surface area contributed by atoms with Crippen LogP contribution in [0.4, 0.5) is 11.8 Å². The molecular weight excluding hydrogens is 542 g/mol. The molecule has 0 bridgehead atoms. The predicted octanol–water partition coefficient (Wildman–Crippen LogP) is 4.60. The van der Waals surface area contributed by atoms with E-state index in [0.29, 0.717) is 41.0 Å². The molecule has 10 nitrogen and oxygen atoms in total. The van der Waals surface area contributed by atoms with E-state index >= 15 is 0 Å². The van der Waals surface area contributed by atoms with Crippen LogP contribution in [0.3, 0.4) is 0 Å². The molecule has 0 spiro atoms. The molecule has 228 valence electrons. The van der Waals surface area contributed by atoms with Crippen molar-refractivity contribution in [1.82, 2.24) is 29.3 Å². The van der Waals surface area contributed by atoms with Crippen LogP contribution in [0.5, 0.6) is 0 Å². The number of aromatic nitrogens is 4. The summed E-state index contributed by atoms with van der Waals surface area (Å²) in [6.07, 6.45) is 12.6. The highest BCUT2D eigenvalue weighted by Crippen LogP contribution is 2.33. The van der Waals surface area contributed by atoms with Crippen LogP contribution in [0.1, 0.15) is 91.7 Å². The maximum Gasteiger partial charge on any atom is 0.263 e. The van der Waals surface area contributed by atoms with Crippen LogP contribution in [0.25, 0.3) is 11.0 Å². The summed E-state index contributed by atoms with van der Waals surface area (Å²) >= 11 is 0. The molecule has 1 saturated carbocycles. The summed E-state index contributed by atoms with van der Waals surface area (Å²) in [6, 6.07) is 5.61. The zero-order valence-corrected chi connectivity index (χ0v) is 25.4. The van der Waals surface area contributed by atoms with E-state index in [9.17, 15) is 9.59 Å². The van der Waals surface area contributed by atoms with Crippen LogP contribution in [-0.4, -0.2) is 86.6 Å². The third-order valence-electron chi connectivity index (χ3n) is 10.4. The monoisotopic (exact) mass is 585 g/mol. The second-order valence-corrected chi connectivity index (χ2v) is 13.0. The Kier molecular flexibility index (Phi) is 8.00. The number of anilines is 2. The quantitative estimate of drug-likeness (QED) is 0.398. The van der Waals surface area contributed by atoms with Crippen molar-refractivity contribution in [1.29, 1.82) is 0 Å². The Morgan fingerprint density at radius 3 is 2.21 bits per heavy atom. The second kappa shape index (κ2) is 12.1. The zero-order chi connectivity index (χ0) is 29.5. The van der Waals surface area contributed by atoms with Crippen molar-refractivity contribution in [3.8, 4) is 0 Å². The minimum atomic E-state index is -0.239. The standard InChI is InChI=1S/C33H43N7O3/c1-21-28-18-35-33(37-31(28)40(26-5-3-4-6-26)32(42)30(21)22(2)41)36-29-8-7-24(17-34-29)23-9-13-38(14-10-23)25-11-15-39(16-12-25)27-19-43-20-27/h7-8,17-18,23,25-27H,3-6,9-16,19-20H2,1-2H3,(H,34,35,36,37). The van der Waals surface area contributed by atoms with E-state index in [4.69, 9.17) is 14.7 Å². The van der Waals surface area contributed by atoms with Gasteiger partial charge in [0.25, 0.3) is 5.56 Å². The topological polar surface area (TPSA) is 105 Å². The van der Waals surface area contributed by atoms with Crippen molar-refractivity contribution < 1.29 is 9.53 Å². The van der Waals surface area contributed by atoms with Gasteiger partial charge in [-0.1, -0.05) is 18.9 Å². The smallest absolute Gasteiger partial charge is 0.263 e. The maximum atomic E-state index is 13.5. The molecule has 3 aromatic rings. The number of nitrogens with zero attached hydrogens (tertiary/aromatic N) is 6. The number of fused-ring (bicyclic) bond motifs is 1. The van der Waals surface area contributed by atoms with E-state index in [0.717, 1.165) is 57.4 Å². The fraction of sp³-hybridized carbons (Fsp3) is 0.606. The molecule has 0 radical (unpaired) electrons. The van der Waals surface area contributed by atoms with Crippen LogP contribution < -0.4 is 10.9 Å². The maximum absolute atomic E-state index is 13.5. The molecule has 3 aliphatic heterocycles. The molecule has 0 unspecified atom stereocenters. The highest BCUT2D eigenvalue weighted by Gasteiger charge is 2.33. The highest BCUT2D eigenvalue weighted by atomic mass is 16.5. The molecule has 3 aromatic heterocycles. The number of pyridine rings is 2. The number of rotatable bonds is 7. The van der Waals surface area contributed by atoms with Gasteiger partial charge in [0.1, 0.15) is 11.5 Å². The lowest BCUT2D eigenvalue weighted by molar-refractivity contribution is -0.0768. The first-order chi connectivity index (χ1) is 21.0. The van der Waals surface area contributed by atoms with Gasteiger partial charge in [-0.25, -0.2) is 9.97 Å². The van der Waals surface area contributed by atoms with E-state index in [-0.39, 0.29) is 22.9 Å². The molecule has 0 amide bonds. The van der Waals surface area contributed by atoms with Gasteiger partial charge in [0, 0.05) is 43.0 Å². The Balaban J connectivity index is 1.02. The molecule has 4 fully saturated rings. The van der Waals surface area contributed by atoms with Crippen molar-refractivity contribution in [2.75, 3.05) is 44.7 Å². The number of Topliss-reactive ketones (excluding diaryl/α,β-unsaturated/α-hetero) is 1. The number of nitrogens with one attached hydrogen (secondary N) is 1. The Labute approximate surface area is 252 Å². The van der Waals surface area contributed by atoms with Crippen molar-refractivity contribution in [2.45, 2.75) is 89.3 Å². The molecule has 1 N–H and O–H groups in total. The number of carbonyl (C=O) groups excluding carboxylic acids is 1. The van der Waals surface area contributed by atoms with Gasteiger partial charge in [-0.05, 0) is 88.6 Å². The molecule has 3 saturated heterocycles. The molecule has 0 aromatic carbocycles. The summed E-state index contributed by atoms with van der Waals surface area (Å²) in [4.78, 5) is 45.3. The average Bonchev–Trinajstić information content (AvgIpc) is 3.52. The van der Waals surface area contributed by atoms with Gasteiger partial charge in [0.2, 0.25) is 5.95 Å². The number of ether oxygens (including phenoxy) is 1. The first-order valence-corrected chi connectivity index (χ1v) is 16.2. The molecule has 6 heterocycles. The Bertz CT molecular complexity index is 1530. The fourth-order valence-corrected chi connectivity index (χ4v) is 7.79. The van der Waals surface area contributed by atoms with Crippen LogP contribution in [-0.2, 0) is 4.74 Å². The zero-order valence-electron chi connectivity index (χ0n) is 25.4. The number of hydrogen-bond donors (Lipinski definition) is 1. The second-order valence-electron chi connectivity index (χ2n) is 13.0. The van der Waals surface area contributed by atoms with Crippen LogP contribution in [0.2, 0.25) is 0 Å². The fourth-order valence-electron chi connectivity index (χ4n) is 7.79. The van der Waals surface area contributed by atoms with Crippen molar-refractivity contribution in [3.63, 3.8) is 0 Å². The third kappa shape index (κ3) is 5.60. The summed E-state index contributed by atoms with van der Waals surface area (Å²) < 4.78 is 7.13. The van der Waals surface area contributed by atoms with Crippen molar-refractivity contribution in [2.24, 2.45) is 0 Å². The van der Waals surface area contributed by atoms with Crippen molar-refractivity contribution >= 4 is 28.6 Å². The lowest BCUT2D eigenvalue weighted by Crippen LogP contribution is -2.55. The minimum absolute atomic E-state index is 0.0514. The van der Waals surface area contributed by atoms with Gasteiger partial charge < -0.3 is 15.0 Å². The molecule has 43 heavy (non-hydrogen) atoms. The largest absolute Gasteiger partial charge is 0.378 e. The highest BCUT2D eigenvalue weighted by molar-refractivity contribution is 5.99. The molecule has 10 heteroatoms. The first kappa shape index (κ1) is 28.6. The van der Waals surface area contributed by atoms with E-state index in [2.05, 4.69) is 26.2 Å². The number of piperidine rings is 2. The molecule has 4 aliphatic rings. The molecule has 0 atom stereocenters. The van der Waals surface area contributed by atoms with Gasteiger partial charge in [-0.3, -0.25) is 19.1 Å². The van der Waals surface area contributed by atoms with Crippen LogP contribution >= 0.6 is 0 Å². The molecule has 1 aliphatic carbocycles. The number of likely N-dealkylation sites (tertiary alicyclic amines) is 2. The van der Waals surface area contributed by atoms with Gasteiger partial charge in [-0.15, -0.1) is 0 Å². The third-order valence-corrected chi connectivity index (χ3v) is 10.4. The van der Waals surface area contributed by atoms with Gasteiger partial charge in [-0.2, -0.15) is 4.98 Å². The molecular formula is C33H43N7O3. The van der Waals surface area contributed by atoms with Crippen molar-refractivity contribution in [3.05, 3.63) is 51.6 Å². The summed E-state index contributed by atoms with van der Waals surface area (Å²) in [5, 5.41) is 4.00. The van der Waals surface area contributed by atoms with Crippen LogP contribution in [0, 0.1) is 6.92 Å². The predicted molar refractivity (Wildman–Crippen MR) is 166 cm³/mol. The van der Waals surface area contributed by atoms with Gasteiger partial charge in [0.15, 0.2) is 5.78 Å². The van der Waals surface area contributed by atoms with Crippen LogP contribution in [0.15, 0.2) is 29.3 Å². The lowest BCUT2D eigenvalue weighted by Gasteiger charge is -2.45. The first-order valence-electron chi connectivity index (χ1n) is 16.2. The summed E-state index contributed by atoms with van der Waals surface area (Å²) in [7, 11) is 0. The van der Waals surface area contributed by atoms with Gasteiger partial charge >= 0.3 is 0 Å². The normalized spacial score (nSPS) is 21.8. The minimum Gasteiger partial charge on any atom is -0.378 e. The molecule has 7 rings (SSSR count). The summed E-state index contributed by atoms with van der Waals surface area (Å²) in [5.41, 5.74) is 2.53. The Morgan fingerprint density at radius 1 is 0.884 bits per heavy atom.